The van der Waals surface area contributed by atoms with Gasteiger partial charge in [0.2, 0.25) is 0 Å². The molecular weight excluding hydrogens is 595 g/mol. The van der Waals surface area contributed by atoms with Crippen molar-refractivity contribution < 1.29 is 13.5 Å². The topological polar surface area (TPSA) is 69.6 Å². The molecule has 0 spiro atoms. The second-order valence-corrected chi connectivity index (χ2v) is 8.67. The molecule has 0 aliphatic rings. The number of halogens is 3. The predicted molar refractivity (Wildman–Crippen MR) is 95.2 cm³/mol. The van der Waals surface area contributed by atoms with Crippen molar-refractivity contribution in [3.63, 3.8) is 0 Å². The summed E-state index contributed by atoms with van der Waals surface area (Å²) in [6, 6.07) is 3.57. The quantitative estimate of drug-likeness (QED) is 0.230. The highest BCUT2D eigenvalue weighted by molar-refractivity contribution is 14.1. The molecule has 0 atom stereocenters. The van der Waals surface area contributed by atoms with Gasteiger partial charge in [0.1, 0.15) is 0 Å². The van der Waals surface area contributed by atoms with Gasteiger partial charge in [-0.3, -0.25) is 0 Å². The van der Waals surface area contributed by atoms with Crippen molar-refractivity contribution in [2.75, 3.05) is 5.75 Å². The van der Waals surface area contributed by atoms with E-state index in [1.165, 1.54) is 0 Å². The summed E-state index contributed by atoms with van der Waals surface area (Å²) in [6.45, 7) is 1.73. The van der Waals surface area contributed by atoms with Crippen LogP contribution in [-0.4, -0.2) is 20.1 Å². The monoisotopic (exact) mass is 604 g/mol. The molecule has 0 N–H and O–H groups in total. The summed E-state index contributed by atoms with van der Waals surface area (Å²) in [5.74, 6) is -0.791. The average molecular weight is 604 g/mol. The molecule has 0 unspecified atom stereocenters. The minimum Gasteiger partial charge on any atom is -0.858 e. The molecule has 1 aromatic rings. The normalized spacial score (nSPS) is 12.8. The third kappa shape index (κ3) is 4.74. The number of benzene rings is 1. The van der Waals surface area contributed by atoms with Crippen LogP contribution in [0.25, 0.3) is 0 Å². The van der Waals surface area contributed by atoms with Gasteiger partial charge in [0.05, 0.1) is 5.75 Å². The molecule has 0 aliphatic heterocycles. The molecular formula is C10H9I3NO3S-. The van der Waals surface area contributed by atoms with Crippen LogP contribution in [-0.2, 0) is 10.0 Å². The van der Waals surface area contributed by atoms with Crippen molar-refractivity contribution in [1.29, 1.82) is 0 Å². The van der Waals surface area contributed by atoms with Crippen molar-refractivity contribution >= 4 is 83.7 Å². The molecule has 18 heavy (non-hydrogen) atoms. The van der Waals surface area contributed by atoms with E-state index in [9.17, 15) is 13.5 Å². The van der Waals surface area contributed by atoms with Crippen LogP contribution in [0, 0.1) is 10.7 Å². The van der Waals surface area contributed by atoms with E-state index in [4.69, 9.17) is 0 Å². The number of sulfonamides is 1. The summed E-state index contributed by atoms with van der Waals surface area (Å²) in [6.07, 6.45) is 0.445. The largest absolute Gasteiger partial charge is 0.858 e. The summed E-state index contributed by atoms with van der Waals surface area (Å²) in [5, 5.41) is 11.9. The SMILES string of the molecule is CCCS(=O)(=O)/N=C(\[O-])c1cc(I)cc(I)c1I. The van der Waals surface area contributed by atoms with Gasteiger partial charge in [0, 0.05) is 22.2 Å². The highest BCUT2D eigenvalue weighted by Crippen LogP contribution is 2.22. The van der Waals surface area contributed by atoms with Crippen molar-refractivity contribution in [3.05, 3.63) is 28.4 Å². The van der Waals surface area contributed by atoms with Gasteiger partial charge in [-0.05, 0) is 86.3 Å². The number of hydrogen-bond donors (Lipinski definition) is 0. The Morgan fingerprint density at radius 2 is 1.94 bits per heavy atom. The van der Waals surface area contributed by atoms with E-state index < -0.39 is 15.9 Å². The lowest BCUT2D eigenvalue weighted by Gasteiger charge is -2.14. The zero-order chi connectivity index (χ0) is 13.9. The van der Waals surface area contributed by atoms with Gasteiger partial charge in [-0.1, -0.05) is 6.92 Å². The molecule has 100 valence electrons. The minimum absolute atomic E-state index is 0.101. The van der Waals surface area contributed by atoms with Crippen LogP contribution in [0.15, 0.2) is 16.5 Å². The number of hydrogen-bond acceptors (Lipinski definition) is 3. The molecule has 4 nitrogen and oxygen atoms in total. The summed E-state index contributed by atoms with van der Waals surface area (Å²) >= 11 is 6.21. The van der Waals surface area contributed by atoms with Gasteiger partial charge in [-0.25, -0.2) is 8.42 Å². The van der Waals surface area contributed by atoms with E-state index in [2.05, 4.69) is 49.6 Å². The van der Waals surface area contributed by atoms with Crippen molar-refractivity contribution in [2.45, 2.75) is 13.3 Å². The van der Waals surface area contributed by atoms with Crippen LogP contribution in [0.2, 0.25) is 0 Å². The molecule has 0 bridgehead atoms. The molecule has 0 saturated heterocycles. The first kappa shape index (κ1) is 16.9. The molecule has 1 aromatic carbocycles. The Balaban J connectivity index is 3.27. The zero-order valence-corrected chi connectivity index (χ0v) is 16.6. The van der Waals surface area contributed by atoms with Crippen molar-refractivity contribution in [1.82, 2.24) is 0 Å². The Kier molecular flexibility index (Phi) is 6.58. The van der Waals surface area contributed by atoms with E-state index in [0.29, 0.717) is 12.0 Å². The summed E-state index contributed by atoms with van der Waals surface area (Å²) in [5.41, 5.74) is 0.339. The molecule has 0 amide bonds. The molecule has 0 saturated carbocycles. The highest BCUT2D eigenvalue weighted by atomic mass is 127. The highest BCUT2D eigenvalue weighted by Gasteiger charge is 2.10. The van der Waals surface area contributed by atoms with Gasteiger partial charge >= 0.3 is 0 Å². The maximum Gasteiger partial charge on any atom is 0.252 e. The number of rotatable bonds is 4. The van der Waals surface area contributed by atoms with Gasteiger partial charge < -0.3 is 5.11 Å². The van der Waals surface area contributed by atoms with E-state index in [-0.39, 0.29) is 5.75 Å². The van der Waals surface area contributed by atoms with Gasteiger partial charge in [-0.15, -0.1) is 0 Å². The molecule has 0 aromatic heterocycles. The smallest absolute Gasteiger partial charge is 0.252 e. The van der Waals surface area contributed by atoms with E-state index in [1.807, 2.05) is 28.7 Å². The Morgan fingerprint density at radius 3 is 2.50 bits per heavy atom. The van der Waals surface area contributed by atoms with Crippen molar-refractivity contribution in [3.8, 4) is 0 Å². The standard InChI is InChI=1S/C10H10I3NO3S/c1-2-3-18(16,17)14-10(15)7-4-6(11)5-8(12)9(7)13/h4-5H,2-3H2,1H3,(H,14,15)/p-1. The summed E-state index contributed by atoms with van der Waals surface area (Å²) < 4.78 is 28.9. The lowest BCUT2D eigenvalue weighted by molar-refractivity contribution is -0.212. The molecule has 8 heteroatoms. The minimum atomic E-state index is -3.65. The lowest BCUT2D eigenvalue weighted by atomic mass is 10.2. The Bertz CT molecular complexity index is 584. The fraction of sp³-hybridized carbons (Fsp3) is 0.300. The van der Waals surface area contributed by atoms with Gasteiger partial charge in [-0.2, -0.15) is 4.40 Å². The lowest BCUT2D eigenvalue weighted by Crippen LogP contribution is -2.23. The van der Waals surface area contributed by atoms with E-state index in [0.717, 1.165) is 10.7 Å². The molecule has 0 heterocycles. The first-order valence-electron chi connectivity index (χ1n) is 4.91. The molecule has 1 rings (SSSR count). The van der Waals surface area contributed by atoms with Crippen LogP contribution >= 0.6 is 67.8 Å². The second-order valence-electron chi connectivity index (χ2n) is 3.43. The fourth-order valence-electron chi connectivity index (χ4n) is 1.19. The van der Waals surface area contributed by atoms with Crippen LogP contribution in [0.4, 0.5) is 0 Å². The summed E-state index contributed by atoms with van der Waals surface area (Å²) in [4.78, 5) is 0. The maximum atomic E-state index is 11.9. The zero-order valence-electron chi connectivity index (χ0n) is 9.28. The third-order valence-corrected chi connectivity index (χ3v) is 6.94. The first-order valence-corrected chi connectivity index (χ1v) is 9.76. The van der Waals surface area contributed by atoms with Crippen LogP contribution in [0.3, 0.4) is 0 Å². The average Bonchev–Trinajstić information content (AvgIpc) is 2.22. The maximum absolute atomic E-state index is 11.9. The Labute approximate surface area is 147 Å². The first-order chi connectivity index (χ1) is 8.26. The Morgan fingerprint density at radius 1 is 1.33 bits per heavy atom. The van der Waals surface area contributed by atoms with Gasteiger partial charge in [0.25, 0.3) is 10.0 Å². The number of nitrogens with zero attached hydrogens (tertiary/aromatic N) is 1. The second kappa shape index (κ2) is 7.02. The third-order valence-electron chi connectivity index (χ3n) is 1.91. The Hall–Kier alpha value is 0.830. The van der Waals surface area contributed by atoms with Crippen LogP contribution < -0.4 is 5.11 Å². The molecule has 0 radical (unpaired) electrons. The van der Waals surface area contributed by atoms with E-state index in [1.54, 1.807) is 13.0 Å². The fourth-order valence-corrected chi connectivity index (χ4v) is 4.54. The van der Waals surface area contributed by atoms with Gasteiger partial charge in [0.15, 0.2) is 0 Å². The molecule has 0 fully saturated rings. The van der Waals surface area contributed by atoms with Crippen LogP contribution in [0.5, 0.6) is 0 Å². The molecule has 0 aliphatic carbocycles. The predicted octanol–water partition coefficient (Wildman–Crippen LogP) is 2.35. The summed E-state index contributed by atoms with van der Waals surface area (Å²) in [7, 11) is -3.65. The van der Waals surface area contributed by atoms with E-state index >= 15 is 0 Å². The van der Waals surface area contributed by atoms with Crippen molar-refractivity contribution in [2.24, 2.45) is 4.40 Å². The van der Waals surface area contributed by atoms with Crippen LogP contribution in [0.1, 0.15) is 18.9 Å².